The van der Waals surface area contributed by atoms with E-state index in [0.29, 0.717) is 0 Å². The van der Waals surface area contributed by atoms with Gasteiger partial charge in [0.25, 0.3) is 0 Å². The van der Waals surface area contributed by atoms with Gasteiger partial charge in [-0.1, -0.05) is 48.6 Å². The van der Waals surface area contributed by atoms with Gasteiger partial charge in [-0.05, 0) is 6.92 Å². The lowest BCUT2D eigenvalue weighted by Gasteiger charge is -2.27. The molecule has 14 heavy (non-hydrogen) atoms. The molecule has 2 radical (unpaired) electrons. The topological polar surface area (TPSA) is 26.3 Å². The molecule has 1 atom stereocenters. The molecule has 1 aromatic rings. The van der Waals surface area contributed by atoms with Crippen LogP contribution in [-0.2, 0) is 9.53 Å². The molecule has 0 aliphatic heterocycles. The van der Waals surface area contributed by atoms with Crippen molar-refractivity contribution >= 4 is 19.7 Å². The van der Waals surface area contributed by atoms with Crippen molar-refractivity contribution in [3.63, 3.8) is 0 Å². The van der Waals surface area contributed by atoms with Gasteiger partial charge in [0.15, 0.2) is 0 Å². The van der Waals surface area contributed by atoms with E-state index in [4.69, 9.17) is 4.74 Å². The van der Waals surface area contributed by atoms with Crippen LogP contribution in [0.4, 0.5) is 0 Å². The Bertz CT molecular complexity index is 295. The Kier molecular flexibility index (Phi) is 3.47. The van der Waals surface area contributed by atoms with E-state index < -0.39 is 8.07 Å². The summed E-state index contributed by atoms with van der Waals surface area (Å²) in [7, 11) is -1.80. The molecule has 1 unspecified atom stereocenters. The number of benzene rings is 1. The van der Waals surface area contributed by atoms with E-state index in [0.717, 1.165) is 0 Å². The molecule has 0 fully saturated rings. The average Bonchev–Trinajstić information content (AvgIpc) is 2.19. The summed E-state index contributed by atoms with van der Waals surface area (Å²) in [5.74, 6) is 0. The van der Waals surface area contributed by atoms with Gasteiger partial charge in [0.2, 0.25) is 0 Å². The van der Waals surface area contributed by atoms with Gasteiger partial charge in [-0.3, -0.25) is 0 Å². The van der Waals surface area contributed by atoms with Crippen molar-refractivity contribution in [2.75, 3.05) is 0 Å². The van der Waals surface area contributed by atoms with Gasteiger partial charge in [-0.2, -0.15) is 0 Å². The van der Waals surface area contributed by atoms with E-state index in [-0.39, 0.29) is 5.73 Å². The third-order valence-corrected chi connectivity index (χ3v) is 6.06. The van der Waals surface area contributed by atoms with Gasteiger partial charge in [-0.15, -0.1) is 0 Å². The van der Waals surface area contributed by atoms with E-state index >= 15 is 0 Å². The predicted molar refractivity (Wildman–Crippen MR) is 59.5 cm³/mol. The van der Waals surface area contributed by atoms with E-state index in [1.54, 1.807) is 0 Å². The number of ether oxygens (including phenoxy) is 1. The molecule has 0 saturated heterocycles. The van der Waals surface area contributed by atoms with E-state index in [2.05, 4.69) is 32.2 Å². The highest BCUT2D eigenvalue weighted by molar-refractivity contribution is 6.91. The molecule has 0 bridgehead atoms. The fourth-order valence-corrected chi connectivity index (χ4v) is 3.03. The maximum atomic E-state index is 10.1. The molecule has 0 aromatic heterocycles. The third-order valence-electron chi connectivity index (χ3n) is 2.51. The molecular formula is C11H14O2Si. The monoisotopic (exact) mass is 206 g/mol. The van der Waals surface area contributed by atoms with Gasteiger partial charge in [-0.25, -0.2) is 4.79 Å². The van der Waals surface area contributed by atoms with Crippen LogP contribution >= 0.6 is 0 Å². The lowest BCUT2D eigenvalue weighted by molar-refractivity contribution is 0.274. The van der Waals surface area contributed by atoms with Gasteiger partial charge in [0.05, 0.1) is 5.73 Å². The minimum Gasteiger partial charge on any atom is -0.457 e. The molecule has 0 amide bonds. The van der Waals surface area contributed by atoms with Gasteiger partial charge >= 0.3 is 6.47 Å². The van der Waals surface area contributed by atoms with Gasteiger partial charge in [0, 0.05) is 0 Å². The maximum Gasteiger partial charge on any atom is 0.417 e. The molecule has 1 rings (SSSR count). The van der Waals surface area contributed by atoms with Crippen LogP contribution in [0.5, 0.6) is 0 Å². The first-order chi connectivity index (χ1) is 6.59. The molecule has 0 saturated carbocycles. The molecule has 2 nitrogen and oxygen atoms in total. The second-order valence-electron chi connectivity index (χ2n) is 3.78. The van der Waals surface area contributed by atoms with Crippen molar-refractivity contribution in [2.45, 2.75) is 18.8 Å². The zero-order valence-electron chi connectivity index (χ0n) is 8.49. The molecule has 0 spiro atoms. The van der Waals surface area contributed by atoms with Crippen molar-refractivity contribution in [3.05, 3.63) is 37.3 Å². The van der Waals surface area contributed by atoms with E-state index in [1.807, 2.05) is 18.2 Å². The Hall–Kier alpha value is -1.09. The zero-order valence-corrected chi connectivity index (χ0v) is 9.49. The highest BCUT2D eigenvalue weighted by Gasteiger charge is 2.32. The summed E-state index contributed by atoms with van der Waals surface area (Å²) in [6.07, 6.45) is 0. The summed E-state index contributed by atoms with van der Waals surface area (Å²) in [6.45, 7) is 9.56. The standard InChI is InChI=1S/C11H14O2Si/c1-10(13-9-12)14(2,3)11-7-5-4-6-8-11/h4-8,10H,1H2,2-3H3. The summed E-state index contributed by atoms with van der Waals surface area (Å²) >= 11 is 0. The Morgan fingerprint density at radius 3 is 2.43 bits per heavy atom. The summed E-state index contributed by atoms with van der Waals surface area (Å²) in [6, 6.07) is 10.1. The molecule has 74 valence electrons. The second-order valence-corrected chi connectivity index (χ2v) is 8.44. The van der Waals surface area contributed by atoms with Gasteiger partial charge < -0.3 is 4.74 Å². The lowest BCUT2D eigenvalue weighted by Crippen LogP contribution is -2.52. The minimum atomic E-state index is -1.80. The zero-order chi connectivity index (χ0) is 10.6. The minimum absolute atomic E-state index is 0.289. The molecule has 3 heteroatoms. The number of carbonyl (C=O) groups excluding carboxylic acids is 1. The van der Waals surface area contributed by atoms with Crippen molar-refractivity contribution in [1.82, 2.24) is 0 Å². The first-order valence-corrected chi connectivity index (χ1v) is 7.58. The Morgan fingerprint density at radius 1 is 1.36 bits per heavy atom. The first kappa shape index (κ1) is 11.0. The van der Waals surface area contributed by atoms with Crippen LogP contribution in [-0.4, -0.2) is 20.3 Å². The molecule has 1 aromatic carbocycles. The Morgan fingerprint density at radius 2 is 1.93 bits per heavy atom. The Balaban J connectivity index is 2.89. The first-order valence-electron chi connectivity index (χ1n) is 4.50. The summed E-state index contributed by atoms with van der Waals surface area (Å²) < 4.78 is 4.81. The van der Waals surface area contributed by atoms with Crippen LogP contribution in [0.15, 0.2) is 30.3 Å². The summed E-state index contributed by atoms with van der Waals surface area (Å²) in [5.41, 5.74) is -0.289. The highest BCUT2D eigenvalue weighted by Crippen LogP contribution is 2.10. The molecule has 0 aliphatic rings. The number of rotatable bonds is 4. The number of hydrogen-bond donors (Lipinski definition) is 0. The SMILES string of the molecule is [CH2]C(O[C]=O)[Si](C)(C)c1ccccc1. The molecular weight excluding hydrogens is 192 g/mol. The maximum absolute atomic E-state index is 10.1. The van der Waals surface area contributed by atoms with Crippen LogP contribution in [0.2, 0.25) is 13.1 Å². The van der Waals surface area contributed by atoms with Crippen molar-refractivity contribution in [3.8, 4) is 0 Å². The molecule has 0 N–H and O–H groups in total. The fraction of sp³-hybridized carbons (Fsp3) is 0.273. The van der Waals surface area contributed by atoms with Crippen molar-refractivity contribution < 1.29 is 9.53 Å². The summed E-state index contributed by atoms with van der Waals surface area (Å²) in [5, 5.41) is 1.23. The second kappa shape index (κ2) is 4.42. The largest absolute Gasteiger partial charge is 0.457 e. The quantitative estimate of drug-likeness (QED) is 0.697. The van der Waals surface area contributed by atoms with Crippen LogP contribution in [0.3, 0.4) is 0 Å². The lowest BCUT2D eigenvalue weighted by atomic mass is 10.4. The van der Waals surface area contributed by atoms with Crippen LogP contribution in [0.1, 0.15) is 0 Å². The predicted octanol–water partition coefficient (Wildman–Crippen LogP) is 1.43. The fourth-order valence-electron chi connectivity index (χ4n) is 1.26. The van der Waals surface area contributed by atoms with Gasteiger partial charge in [0.1, 0.15) is 8.07 Å². The summed E-state index contributed by atoms with van der Waals surface area (Å²) in [4.78, 5) is 10.1. The smallest absolute Gasteiger partial charge is 0.417 e. The number of hydrogen-bond acceptors (Lipinski definition) is 2. The van der Waals surface area contributed by atoms with Crippen LogP contribution in [0.25, 0.3) is 0 Å². The van der Waals surface area contributed by atoms with Crippen molar-refractivity contribution in [2.24, 2.45) is 0 Å². The third kappa shape index (κ3) is 2.23. The van der Waals surface area contributed by atoms with E-state index in [9.17, 15) is 4.79 Å². The molecule has 0 aliphatic carbocycles. The molecule has 0 heterocycles. The van der Waals surface area contributed by atoms with Crippen LogP contribution in [0, 0.1) is 6.92 Å². The van der Waals surface area contributed by atoms with E-state index in [1.165, 1.54) is 11.7 Å². The normalized spacial score (nSPS) is 13.4. The average molecular weight is 206 g/mol. The highest BCUT2D eigenvalue weighted by atomic mass is 28.3. The van der Waals surface area contributed by atoms with Crippen molar-refractivity contribution in [1.29, 1.82) is 0 Å². The Labute approximate surface area is 85.9 Å². The van der Waals surface area contributed by atoms with Crippen LogP contribution < -0.4 is 5.19 Å².